The molecule has 0 amide bonds. The molecule has 15 heteroatoms. The molecule has 1 unspecified atom stereocenters. The number of piperidine rings is 2. The summed E-state index contributed by atoms with van der Waals surface area (Å²) in [5.41, 5.74) is 1.02. The van der Waals surface area contributed by atoms with Crippen molar-refractivity contribution in [1.29, 1.82) is 0 Å². The number of primary sulfonamides is 2. The molecule has 2 fully saturated rings. The molecule has 0 aliphatic carbocycles. The molecule has 0 radical (unpaired) electrons. The van der Waals surface area contributed by atoms with Crippen LogP contribution in [-0.4, -0.2) is 59.5 Å². The summed E-state index contributed by atoms with van der Waals surface area (Å²) in [6.45, 7) is 2.22. The number of nitrogens with two attached hydrogens (primary N) is 2. The van der Waals surface area contributed by atoms with Gasteiger partial charge >= 0.3 is 11.9 Å². The number of benzene rings is 4. The molecule has 12 nitrogen and oxygen atoms in total. The number of hydrogen-bond acceptors (Lipinski definition) is 10. The molecule has 0 spiro atoms. The molecule has 2 aliphatic rings. The average molecular weight is 751 g/mol. The van der Waals surface area contributed by atoms with Crippen molar-refractivity contribution in [2.75, 3.05) is 36.0 Å². The molecule has 1 atom stereocenters. The van der Waals surface area contributed by atoms with Gasteiger partial charge in [0.15, 0.2) is 4.90 Å². The van der Waals surface area contributed by atoms with Gasteiger partial charge in [-0.05, 0) is 80.5 Å². The molecule has 0 aromatic heterocycles. The molecule has 2 saturated heterocycles. The minimum absolute atomic E-state index is 0.0751. The molecule has 2 aliphatic heterocycles. The van der Waals surface area contributed by atoms with E-state index < -0.39 is 48.1 Å². The maximum absolute atomic E-state index is 14.0. The van der Waals surface area contributed by atoms with Gasteiger partial charge in [0.05, 0.1) is 21.7 Å². The maximum Gasteiger partial charge on any atom is 0.346 e. The normalized spacial score (nSPS) is 16.1. The summed E-state index contributed by atoms with van der Waals surface area (Å²) in [5, 5.41) is 11.4. The Kier molecular flexibility index (Phi) is 10.9. The Balaban J connectivity index is 1.44. The van der Waals surface area contributed by atoms with Gasteiger partial charge < -0.3 is 19.1 Å². The van der Waals surface area contributed by atoms with E-state index >= 15 is 0 Å². The maximum atomic E-state index is 14.0. The van der Waals surface area contributed by atoms with Crippen LogP contribution in [0.5, 0.6) is 0 Å². The highest BCUT2D eigenvalue weighted by Crippen LogP contribution is 2.40. The van der Waals surface area contributed by atoms with E-state index in [1.54, 1.807) is 60.7 Å². The van der Waals surface area contributed by atoms with Crippen LogP contribution in [0.15, 0.2) is 105 Å². The minimum atomic E-state index is -4.55. The first-order valence-corrected chi connectivity index (χ1v) is 20.8. The van der Waals surface area contributed by atoms with Crippen LogP contribution in [0.25, 0.3) is 11.1 Å². The van der Waals surface area contributed by atoms with Gasteiger partial charge in [0, 0.05) is 48.6 Å². The summed E-state index contributed by atoms with van der Waals surface area (Å²) in [5.74, 6) is -2.37. The van der Waals surface area contributed by atoms with Crippen molar-refractivity contribution in [3.8, 4) is 11.1 Å². The predicted molar refractivity (Wildman–Crippen MR) is 194 cm³/mol. The number of ether oxygens (including phenoxy) is 1. The lowest BCUT2D eigenvalue weighted by molar-refractivity contribution is 0.0397. The fraction of sp³-hybridized carbons (Fsp3) is 0.278. The third kappa shape index (κ3) is 8.14. The van der Waals surface area contributed by atoms with Crippen LogP contribution in [0, 0.1) is 0 Å². The molecule has 0 saturated carbocycles. The number of nitrogens with zero attached hydrogens (tertiary/aromatic N) is 2. The predicted octanol–water partition coefficient (Wildman–Crippen LogP) is 4.79. The topological polar surface area (TPSA) is 193 Å². The molecule has 4 aromatic rings. The first-order valence-electron chi connectivity index (χ1n) is 16.5. The van der Waals surface area contributed by atoms with Gasteiger partial charge in [0.2, 0.25) is 24.9 Å². The van der Waals surface area contributed by atoms with Gasteiger partial charge in [-0.3, -0.25) is 0 Å². The molecule has 0 bridgehead atoms. The lowest BCUT2D eigenvalue weighted by atomic mass is 9.98. The molecule has 268 valence electrons. The highest BCUT2D eigenvalue weighted by molar-refractivity contribution is 7.93. The standard InChI is InChI=1S/C36H38N4O8S3/c37-50(44,45)31-23-26(21-29(39-17-9-3-10-18-39)33(31)25-13-5-1-6-14-25)35(41)48-36(42)27-22-30(40-19-11-4-12-20-40)34(32(24-27)51(38,46)47)49(43)28-15-7-2-8-16-28/h1-2,5-8,13-16,21-24H,3-4,9-12,17-20H2,(H2,37,44,45)(H2,38,46,47). The van der Waals surface area contributed by atoms with E-state index in [4.69, 9.17) is 15.0 Å². The Labute approximate surface area is 300 Å². The van der Waals surface area contributed by atoms with E-state index in [0.29, 0.717) is 47.9 Å². The monoisotopic (exact) mass is 750 g/mol. The van der Waals surface area contributed by atoms with Gasteiger partial charge in [0.1, 0.15) is 4.90 Å². The third-order valence-corrected chi connectivity index (χ3v) is 12.5. The van der Waals surface area contributed by atoms with Crippen molar-refractivity contribution in [1.82, 2.24) is 0 Å². The Hall–Kier alpha value is -4.25. The van der Waals surface area contributed by atoms with E-state index in [0.717, 1.165) is 50.7 Å². The van der Waals surface area contributed by atoms with Crippen LogP contribution in [-0.2, 0) is 36.0 Å². The Morgan fingerprint density at radius 3 is 1.59 bits per heavy atom. The second-order valence-electron chi connectivity index (χ2n) is 12.5. The Morgan fingerprint density at radius 1 is 0.627 bits per heavy atom. The number of esters is 2. The number of rotatable bonds is 9. The molecule has 2 heterocycles. The largest absolute Gasteiger partial charge is 0.606 e. The van der Waals surface area contributed by atoms with Crippen LogP contribution in [0.2, 0.25) is 0 Å². The van der Waals surface area contributed by atoms with Crippen LogP contribution < -0.4 is 20.1 Å². The van der Waals surface area contributed by atoms with Crippen molar-refractivity contribution in [2.45, 2.75) is 58.1 Å². The van der Waals surface area contributed by atoms with Crippen LogP contribution in [0.1, 0.15) is 59.2 Å². The van der Waals surface area contributed by atoms with Crippen LogP contribution in [0.4, 0.5) is 11.4 Å². The van der Waals surface area contributed by atoms with Crippen molar-refractivity contribution in [3.05, 3.63) is 96.1 Å². The zero-order valence-electron chi connectivity index (χ0n) is 27.7. The van der Waals surface area contributed by atoms with E-state index in [1.807, 2.05) is 9.80 Å². The zero-order valence-corrected chi connectivity index (χ0v) is 30.1. The SMILES string of the molecule is NS(=O)(=O)c1cc(C(=O)OC(=O)c2cc(N3CCCCC3)c([S+]([O-])c3ccccc3)c(S(N)(=O)=O)c2)cc(N2CCCCC2)c1-c1ccccc1. The van der Waals surface area contributed by atoms with E-state index in [9.17, 15) is 31.0 Å². The third-order valence-electron chi connectivity index (χ3n) is 8.99. The minimum Gasteiger partial charge on any atom is -0.606 e. The summed E-state index contributed by atoms with van der Waals surface area (Å²) >= 11 is -2.01. The van der Waals surface area contributed by atoms with Crippen molar-refractivity contribution >= 4 is 54.5 Å². The average Bonchev–Trinajstić information content (AvgIpc) is 3.14. The molecular weight excluding hydrogens is 713 g/mol. The van der Waals surface area contributed by atoms with Gasteiger partial charge in [0.25, 0.3) is 0 Å². The molecule has 4 aromatic carbocycles. The molecule has 6 rings (SSSR count). The second kappa shape index (κ2) is 15.2. The number of carbonyl (C=O) groups is 2. The van der Waals surface area contributed by atoms with Gasteiger partial charge in [-0.2, -0.15) is 0 Å². The number of anilines is 2. The smallest absolute Gasteiger partial charge is 0.346 e. The summed E-state index contributed by atoms with van der Waals surface area (Å²) in [6, 6.07) is 22.0. The summed E-state index contributed by atoms with van der Waals surface area (Å²) in [4.78, 5) is 30.7. The summed E-state index contributed by atoms with van der Waals surface area (Å²) in [6.07, 6.45) is 5.19. The molecule has 4 N–H and O–H groups in total. The van der Waals surface area contributed by atoms with E-state index in [2.05, 4.69) is 0 Å². The second-order valence-corrected chi connectivity index (χ2v) is 17.0. The van der Waals surface area contributed by atoms with Gasteiger partial charge in [-0.1, -0.05) is 48.5 Å². The van der Waals surface area contributed by atoms with E-state index in [1.165, 1.54) is 12.1 Å². The fourth-order valence-corrected chi connectivity index (χ4v) is 9.85. The van der Waals surface area contributed by atoms with Crippen molar-refractivity contribution < 1.29 is 35.7 Å². The zero-order chi connectivity index (χ0) is 36.3. The first kappa shape index (κ1) is 36.5. The van der Waals surface area contributed by atoms with Gasteiger partial charge in [-0.25, -0.2) is 36.7 Å². The fourth-order valence-electron chi connectivity index (χ4n) is 6.56. The lowest BCUT2D eigenvalue weighted by Gasteiger charge is -2.32. The summed E-state index contributed by atoms with van der Waals surface area (Å²) in [7, 11) is -8.94. The van der Waals surface area contributed by atoms with Crippen LogP contribution >= 0.6 is 0 Å². The highest BCUT2D eigenvalue weighted by atomic mass is 32.2. The molecular formula is C36H38N4O8S3. The van der Waals surface area contributed by atoms with Gasteiger partial charge in [-0.15, -0.1) is 0 Å². The lowest BCUT2D eigenvalue weighted by Crippen LogP contribution is -2.32. The van der Waals surface area contributed by atoms with Crippen molar-refractivity contribution in [2.24, 2.45) is 10.3 Å². The number of carbonyl (C=O) groups excluding carboxylic acids is 2. The Morgan fingerprint density at radius 2 is 1.08 bits per heavy atom. The highest BCUT2D eigenvalue weighted by Gasteiger charge is 2.35. The summed E-state index contributed by atoms with van der Waals surface area (Å²) < 4.78 is 71.4. The number of hydrogen-bond donors (Lipinski definition) is 2. The van der Waals surface area contributed by atoms with Crippen LogP contribution in [0.3, 0.4) is 0 Å². The van der Waals surface area contributed by atoms with E-state index in [-0.39, 0.29) is 26.6 Å². The Bertz CT molecular complexity index is 2150. The van der Waals surface area contributed by atoms with Crippen molar-refractivity contribution in [3.63, 3.8) is 0 Å². The quantitative estimate of drug-likeness (QED) is 0.137. The first-order chi connectivity index (χ1) is 24.3. The number of sulfonamides is 2. The molecule has 51 heavy (non-hydrogen) atoms.